The molecule has 0 aromatic heterocycles. The molecule has 2 aromatic carbocycles. The Balaban J connectivity index is 1.95. The van der Waals surface area contributed by atoms with E-state index in [1.165, 1.54) is 41.3 Å². The maximum Gasteiger partial charge on any atom is 0.417 e. The molecule has 156 valence electrons. The van der Waals surface area contributed by atoms with Crippen LogP contribution in [-0.4, -0.2) is 52.2 Å². The monoisotopic (exact) mass is 418 g/mol. The third kappa shape index (κ3) is 4.45. The molecule has 4 N–H and O–H groups in total. The molecule has 0 bridgehead atoms. The van der Waals surface area contributed by atoms with E-state index in [-0.39, 0.29) is 35.3 Å². The fourth-order valence-corrected chi connectivity index (χ4v) is 3.17. The van der Waals surface area contributed by atoms with Crippen molar-refractivity contribution in [3.63, 3.8) is 0 Å². The Labute approximate surface area is 169 Å². The summed E-state index contributed by atoms with van der Waals surface area (Å²) in [6, 6.07) is 8.70. The number of rotatable bonds is 2. The van der Waals surface area contributed by atoms with Gasteiger partial charge in [0, 0.05) is 17.0 Å². The maximum atomic E-state index is 13.3. The van der Waals surface area contributed by atoms with Gasteiger partial charge in [-0.2, -0.15) is 13.2 Å². The zero-order chi connectivity index (χ0) is 22.1. The van der Waals surface area contributed by atoms with Crippen molar-refractivity contribution < 1.29 is 33.0 Å². The number of alkyl halides is 3. The number of carbonyl (C=O) groups is 2. The highest BCUT2D eigenvalue weighted by Crippen LogP contribution is 2.38. The molecule has 6 nitrogen and oxygen atoms in total. The Bertz CT molecular complexity index is 1050. The quantitative estimate of drug-likeness (QED) is 0.641. The van der Waals surface area contributed by atoms with E-state index >= 15 is 0 Å². The van der Waals surface area contributed by atoms with Crippen molar-refractivity contribution in [1.29, 1.82) is 0 Å². The van der Waals surface area contributed by atoms with Gasteiger partial charge in [0.15, 0.2) is 0 Å². The van der Waals surface area contributed by atoms with Crippen molar-refractivity contribution in [3.8, 4) is 23.0 Å². The first-order valence-electron chi connectivity index (χ1n) is 8.85. The second kappa shape index (κ2) is 8.18. The number of hydrogen-bond donors (Lipinski definition) is 3. The van der Waals surface area contributed by atoms with Crippen molar-refractivity contribution in [3.05, 3.63) is 59.2 Å². The number of nitrogens with zero attached hydrogens (tertiary/aromatic N) is 1. The number of hydrogen-bond acceptors (Lipinski definition) is 4. The average molecular weight is 418 g/mol. The summed E-state index contributed by atoms with van der Waals surface area (Å²) in [6.07, 6.45) is -6.73. The van der Waals surface area contributed by atoms with Crippen LogP contribution in [0.1, 0.15) is 21.5 Å². The second-order valence-electron chi connectivity index (χ2n) is 6.76. The fraction of sp³-hybridized carbons (Fsp3) is 0.238. The summed E-state index contributed by atoms with van der Waals surface area (Å²) < 4.78 is 40.0. The lowest BCUT2D eigenvalue weighted by atomic mass is 9.93. The van der Waals surface area contributed by atoms with Crippen LogP contribution in [-0.2, 0) is 11.0 Å². The molecule has 1 fully saturated rings. The van der Waals surface area contributed by atoms with Crippen LogP contribution in [0, 0.1) is 11.8 Å². The lowest BCUT2D eigenvalue weighted by molar-refractivity contribution is -0.137. The summed E-state index contributed by atoms with van der Waals surface area (Å²) in [5.74, 6) is 3.28. The largest absolute Gasteiger partial charge is 0.417 e. The number of nitrogens with two attached hydrogens (primary N) is 1. The fourth-order valence-electron chi connectivity index (χ4n) is 3.17. The molecule has 1 aliphatic heterocycles. The predicted molar refractivity (Wildman–Crippen MR) is 101 cm³/mol. The summed E-state index contributed by atoms with van der Waals surface area (Å²) >= 11 is 0. The van der Waals surface area contributed by atoms with Crippen LogP contribution in [0.2, 0.25) is 0 Å². The van der Waals surface area contributed by atoms with Gasteiger partial charge in [0.1, 0.15) is 0 Å². The van der Waals surface area contributed by atoms with Gasteiger partial charge in [0.25, 0.3) is 5.91 Å². The number of benzene rings is 2. The SMILES string of the molecule is NC(=O)c1cc(C#CC(=O)N2C[C@@H](O)[C@@H](O)C2)ccc1-c1ccccc1C(F)(F)F. The van der Waals surface area contributed by atoms with E-state index in [2.05, 4.69) is 11.8 Å². The van der Waals surface area contributed by atoms with Gasteiger partial charge in [0.05, 0.1) is 30.9 Å². The van der Waals surface area contributed by atoms with Gasteiger partial charge in [-0.1, -0.05) is 30.2 Å². The Kier molecular flexibility index (Phi) is 5.82. The lowest BCUT2D eigenvalue weighted by Gasteiger charge is -2.15. The van der Waals surface area contributed by atoms with Gasteiger partial charge in [0.2, 0.25) is 5.91 Å². The highest BCUT2D eigenvalue weighted by molar-refractivity contribution is 6.01. The van der Waals surface area contributed by atoms with E-state index < -0.39 is 35.8 Å². The molecule has 1 saturated heterocycles. The summed E-state index contributed by atoms with van der Waals surface area (Å²) in [7, 11) is 0. The third-order valence-electron chi connectivity index (χ3n) is 4.67. The van der Waals surface area contributed by atoms with Crippen LogP contribution in [0.3, 0.4) is 0 Å². The predicted octanol–water partition coefficient (Wildman–Crippen LogP) is 1.39. The van der Waals surface area contributed by atoms with Crippen molar-refractivity contribution >= 4 is 11.8 Å². The molecular formula is C21H17F3N2O4. The highest BCUT2D eigenvalue weighted by Gasteiger charge is 2.34. The molecule has 2 atom stereocenters. The molecular weight excluding hydrogens is 401 g/mol. The van der Waals surface area contributed by atoms with Crippen LogP contribution >= 0.6 is 0 Å². The first-order valence-corrected chi connectivity index (χ1v) is 8.85. The number of amides is 2. The van der Waals surface area contributed by atoms with Gasteiger partial charge >= 0.3 is 6.18 Å². The van der Waals surface area contributed by atoms with E-state index in [0.717, 1.165) is 6.07 Å². The van der Waals surface area contributed by atoms with Gasteiger partial charge in [-0.05, 0) is 29.3 Å². The minimum absolute atomic E-state index is 0.00177. The van der Waals surface area contributed by atoms with Crippen LogP contribution < -0.4 is 5.73 Å². The number of carbonyl (C=O) groups excluding carboxylic acids is 2. The molecule has 1 heterocycles. The van der Waals surface area contributed by atoms with E-state index in [9.17, 15) is 33.0 Å². The molecule has 3 rings (SSSR count). The van der Waals surface area contributed by atoms with Crippen LogP contribution in [0.5, 0.6) is 0 Å². The van der Waals surface area contributed by atoms with Crippen molar-refractivity contribution in [2.24, 2.45) is 5.73 Å². The standard InChI is InChI=1S/C21H17F3N2O4/c22-21(23,24)16-4-2-1-3-14(16)13-7-5-12(9-15(13)20(25)30)6-8-19(29)26-10-17(27)18(28)11-26/h1-5,7,9,17-18,27-28H,10-11H2,(H2,25,30)/t17-,18+. The van der Waals surface area contributed by atoms with Gasteiger partial charge in [-0.25, -0.2) is 0 Å². The van der Waals surface area contributed by atoms with E-state index in [0.29, 0.717) is 0 Å². The smallest absolute Gasteiger partial charge is 0.388 e. The number of aliphatic hydroxyl groups excluding tert-OH is 2. The molecule has 9 heteroatoms. The first kappa shape index (κ1) is 21.4. The zero-order valence-electron chi connectivity index (χ0n) is 15.5. The van der Waals surface area contributed by atoms with Crippen LogP contribution in [0.25, 0.3) is 11.1 Å². The van der Waals surface area contributed by atoms with E-state index in [4.69, 9.17) is 5.73 Å². The van der Waals surface area contributed by atoms with Gasteiger partial charge < -0.3 is 20.8 Å². The Morgan fingerprint density at radius 1 is 1.03 bits per heavy atom. The first-order chi connectivity index (χ1) is 14.1. The Hall–Kier alpha value is -3.35. The summed E-state index contributed by atoms with van der Waals surface area (Å²) in [4.78, 5) is 25.1. The van der Waals surface area contributed by atoms with Crippen molar-refractivity contribution in [2.75, 3.05) is 13.1 Å². The Morgan fingerprint density at radius 3 is 2.27 bits per heavy atom. The zero-order valence-corrected chi connectivity index (χ0v) is 15.5. The maximum absolute atomic E-state index is 13.3. The molecule has 1 aliphatic rings. The minimum Gasteiger partial charge on any atom is -0.388 e. The average Bonchev–Trinajstić information content (AvgIpc) is 3.04. The van der Waals surface area contributed by atoms with Gasteiger partial charge in [-0.15, -0.1) is 0 Å². The molecule has 2 aromatic rings. The molecule has 0 unspecified atom stereocenters. The number of β-amino-alcohol motifs (C(OH)–C–C–N with tert-alkyl or cyclic N) is 2. The third-order valence-corrected chi connectivity index (χ3v) is 4.67. The van der Waals surface area contributed by atoms with E-state index in [1.54, 1.807) is 0 Å². The highest BCUT2D eigenvalue weighted by atomic mass is 19.4. The number of halogens is 3. The van der Waals surface area contributed by atoms with Crippen LogP contribution in [0.15, 0.2) is 42.5 Å². The van der Waals surface area contributed by atoms with E-state index in [1.807, 2.05) is 0 Å². The number of primary amides is 1. The Morgan fingerprint density at radius 2 is 1.67 bits per heavy atom. The topological polar surface area (TPSA) is 104 Å². The molecule has 0 spiro atoms. The summed E-state index contributed by atoms with van der Waals surface area (Å²) in [5, 5.41) is 19.0. The second-order valence-corrected chi connectivity index (χ2v) is 6.76. The minimum atomic E-state index is -4.62. The van der Waals surface area contributed by atoms with Crippen molar-refractivity contribution in [2.45, 2.75) is 18.4 Å². The molecule has 2 amide bonds. The molecule has 0 aliphatic carbocycles. The van der Waals surface area contributed by atoms with Gasteiger partial charge in [-0.3, -0.25) is 9.59 Å². The number of likely N-dealkylation sites (tertiary alicyclic amines) is 1. The summed E-state index contributed by atoms with van der Waals surface area (Å²) in [6.45, 7) is -0.122. The molecule has 0 saturated carbocycles. The normalized spacial score (nSPS) is 18.6. The van der Waals surface area contributed by atoms with Crippen molar-refractivity contribution in [1.82, 2.24) is 4.90 Å². The molecule has 0 radical (unpaired) electrons. The van der Waals surface area contributed by atoms with Crippen LogP contribution in [0.4, 0.5) is 13.2 Å². The lowest BCUT2D eigenvalue weighted by Crippen LogP contribution is -2.28. The molecule has 30 heavy (non-hydrogen) atoms. The number of aliphatic hydroxyl groups is 2. The summed E-state index contributed by atoms with van der Waals surface area (Å²) in [5.41, 5.74) is 4.29.